The third-order valence-corrected chi connectivity index (χ3v) is 4.69. The third kappa shape index (κ3) is 4.64. The Morgan fingerprint density at radius 2 is 2.00 bits per heavy atom. The smallest absolute Gasteiger partial charge is 0.374 e. The van der Waals surface area contributed by atoms with Gasteiger partial charge in [-0.05, 0) is 42.3 Å². The largest absolute Gasteiger partial charge is 0.463 e. The van der Waals surface area contributed by atoms with Crippen molar-refractivity contribution in [3.8, 4) is 0 Å². The summed E-state index contributed by atoms with van der Waals surface area (Å²) in [5, 5.41) is 2.77. The molecule has 0 bridgehead atoms. The first-order chi connectivity index (χ1) is 14.3. The maximum Gasteiger partial charge on any atom is 0.374 e. The molecule has 3 aromatic rings. The molecule has 0 aliphatic carbocycles. The number of aromatic amines is 1. The fourth-order valence-corrected chi connectivity index (χ4v) is 2.94. The Balaban J connectivity index is 1.69. The number of rotatable bonds is 6. The van der Waals surface area contributed by atoms with Crippen LogP contribution in [0.1, 0.15) is 23.1 Å². The van der Waals surface area contributed by atoms with Gasteiger partial charge in [-0.3, -0.25) is 9.59 Å². The van der Waals surface area contributed by atoms with Gasteiger partial charge in [-0.25, -0.2) is 9.78 Å². The number of nitrogens with one attached hydrogen (secondary N) is 2. The van der Waals surface area contributed by atoms with E-state index in [1.165, 1.54) is 18.9 Å². The van der Waals surface area contributed by atoms with Gasteiger partial charge in [-0.15, -0.1) is 0 Å². The fraction of sp³-hybridized carbons (Fsp3) is 0.238. The summed E-state index contributed by atoms with van der Waals surface area (Å²) in [6.45, 7) is 1.48. The zero-order valence-corrected chi connectivity index (χ0v) is 16.9. The lowest BCUT2D eigenvalue weighted by Crippen LogP contribution is -2.37. The average Bonchev–Trinajstić information content (AvgIpc) is 3.16. The Bertz CT molecular complexity index is 1110. The lowest BCUT2D eigenvalue weighted by molar-refractivity contribution is -0.117. The molecule has 0 saturated heterocycles. The Labute approximate surface area is 173 Å². The molecule has 1 aromatic heterocycles. The van der Waals surface area contributed by atoms with Crippen LogP contribution in [-0.2, 0) is 20.7 Å². The fourth-order valence-electron chi connectivity index (χ4n) is 2.94. The molecule has 9 heteroatoms. The van der Waals surface area contributed by atoms with Crippen LogP contribution in [0.15, 0.2) is 42.5 Å². The molecule has 30 heavy (non-hydrogen) atoms. The molecule has 2 amide bonds. The summed E-state index contributed by atoms with van der Waals surface area (Å²) in [7, 11) is 2.96. The van der Waals surface area contributed by atoms with Crippen LogP contribution < -0.4 is 16.0 Å². The summed E-state index contributed by atoms with van der Waals surface area (Å²) in [5.74, 6) is -0.925. The molecule has 1 atom stereocenters. The number of hydrogen-bond acceptors (Lipinski definition) is 6. The van der Waals surface area contributed by atoms with Crippen LogP contribution in [0.2, 0.25) is 0 Å². The number of H-pyrrole nitrogens is 1. The Morgan fingerprint density at radius 3 is 2.70 bits per heavy atom. The van der Waals surface area contributed by atoms with Crippen LogP contribution in [0.4, 0.5) is 11.4 Å². The number of anilines is 2. The van der Waals surface area contributed by atoms with E-state index in [4.69, 9.17) is 5.73 Å². The van der Waals surface area contributed by atoms with Gasteiger partial charge in [0, 0.05) is 25.3 Å². The minimum absolute atomic E-state index is 0.0845. The van der Waals surface area contributed by atoms with Gasteiger partial charge < -0.3 is 25.7 Å². The van der Waals surface area contributed by atoms with Crippen molar-refractivity contribution < 1.29 is 19.1 Å². The minimum Gasteiger partial charge on any atom is -0.463 e. The molecule has 0 saturated carbocycles. The van der Waals surface area contributed by atoms with Gasteiger partial charge in [0.25, 0.3) is 0 Å². The second-order valence-corrected chi connectivity index (χ2v) is 6.86. The highest BCUT2D eigenvalue weighted by Crippen LogP contribution is 2.19. The molecule has 1 heterocycles. The second-order valence-electron chi connectivity index (χ2n) is 6.86. The van der Waals surface area contributed by atoms with E-state index in [9.17, 15) is 14.4 Å². The summed E-state index contributed by atoms with van der Waals surface area (Å²) >= 11 is 0. The van der Waals surface area contributed by atoms with Gasteiger partial charge in [0.15, 0.2) is 0 Å². The SMILES string of the molecule is COC(=O)c1nc2ccc(NC(=O)C(N)Cc3cccc(N(C)C(C)=O)c3)cc2[nH]1. The quantitative estimate of drug-likeness (QED) is 0.533. The normalized spacial score (nSPS) is 11.7. The van der Waals surface area contributed by atoms with Crippen LogP contribution >= 0.6 is 0 Å². The predicted octanol–water partition coefficient (Wildman–Crippen LogP) is 1.84. The number of aromatic nitrogens is 2. The summed E-state index contributed by atoms with van der Waals surface area (Å²) in [6.07, 6.45) is 0.310. The zero-order chi connectivity index (χ0) is 21.8. The van der Waals surface area contributed by atoms with E-state index in [1.807, 2.05) is 24.3 Å². The van der Waals surface area contributed by atoms with Crippen LogP contribution in [-0.4, -0.2) is 48.0 Å². The minimum atomic E-state index is -0.786. The van der Waals surface area contributed by atoms with Crippen LogP contribution in [0.3, 0.4) is 0 Å². The number of fused-ring (bicyclic) bond motifs is 1. The molecule has 0 spiro atoms. The number of hydrogen-bond donors (Lipinski definition) is 3. The molecule has 0 radical (unpaired) electrons. The second kappa shape index (κ2) is 8.75. The van der Waals surface area contributed by atoms with Crippen LogP contribution in [0.5, 0.6) is 0 Å². The van der Waals surface area contributed by atoms with E-state index in [0.29, 0.717) is 23.1 Å². The first kappa shape index (κ1) is 21.0. The molecule has 0 aliphatic rings. The first-order valence-electron chi connectivity index (χ1n) is 9.26. The van der Waals surface area contributed by atoms with Crippen molar-refractivity contribution in [1.29, 1.82) is 0 Å². The van der Waals surface area contributed by atoms with Gasteiger partial charge in [0.05, 0.1) is 24.2 Å². The number of nitrogens with two attached hydrogens (primary N) is 1. The topological polar surface area (TPSA) is 130 Å². The molecule has 3 rings (SSSR count). The molecular weight excluding hydrogens is 386 g/mol. The van der Waals surface area contributed by atoms with E-state index in [-0.39, 0.29) is 17.6 Å². The van der Waals surface area contributed by atoms with E-state index in [0.717, 1.165) is 11.3 Å². The molecule has 4 N–H and O–H groups in total. The Hall–Kier alpha value is -3.72. The van der Waals surface area contributed by atoms with Crippen molar-refractivity contribution in [2.75, 3.05) is 24.4 Å². The van der Waals surface area contributed by atoms with Crippen molar-refractivity contribution in [3.05, 3.63) is 53.9 Å². The molecular formula is C21H23N5O4. The van der Waals surface area contributed by atoms with Gasteiger partial charge in [-0.1, -0.05) is 12.1 Å². The number of nitrogens with zero attached hydrogens (tertiary/aromatic N) is 2. The third-order valence-electron chi connectivity index (χ3n) is 4.69. The van der Waals surface area contributed by atoms with Gasteiger partial charge in [-0.2, -0.15) is 0 Å². The number of imidazole rings is 1. The Morgan fingerprint density at radius 1 is 1.23 bits per heavy atom. The first-order valence-corrected chi connectivity index (χ1v) is 9.26. The highest BCUT2D eigenvalue weighted by Gasteiger charge is 2.17. The summed E-state index contributed by atoms with van der Waals surface area (Å²) in [4.78, 5) is 44.2. The van der Waals surface area contributed by atoms with Crippen molar-refractivity contribution >= 4 is 40.2 Å². The molecule has 1 unspecified atom stereocenters. The maximum absolute atomic E-state index is 12.5. The summed E-state index contributed by atoms with van der Waals surface area (Å²) in [5.41, 5.74) is 9.34. The summed E-state index contributed by atoms with van der Waals surface area (Å²) in [6, 6.07) is 11.6. The Kier molecular flexibility index (Phi) is 6.12. The molecule has 9 nitrogen and oxygen atoms in total. The van der Waals surface area contributed by atoms with Gasteiger partial charge in [0.2, 0.25) is 17.6 Å². The number of esters is 1. The molecule has 156 valence electrons. The molecule has 0 aliphatic heterocycles. The number of carbonyl (C=O) groups is 3. The van der Waals surface area contributed by atoms with Crippen molar-refractivity contribution in [3.63, 3.8) is 0 Å². The van der Waals surface area contributed by atoms with Gasteiger partial charge in [0.1, 0.15) is 0 Å². The predicted molar refractivity (Wildman–Crippen MR) is 113 cm³/mol. The lowest BCUT2D eigenvalue weighted by Gasteiger charge is -2.17. The number of amides is 2. The van der Waals surface area contributed by atoms with Crippen molar-refractivity contribution in [1.82, 2.24) is 9.97 Å². The molecule has 0 fully saturated rings. The lowest BCUT2D eigenvalue weighted by atomic mass is 10.0. The average molecular weight is 409 g/mol. The van der Waals surface area contributed by atoms with E-state index < -0.39 is 12.0 Å². The number of ether oxygens (including phenoxy) is 1. The van der Waals surface area contributed by atoms with Crippen LogP contribution in [0, 0.1) is 0 Å². The molecule has 2 aromatic carbocycles. The highest BCUT2D eigenvalue weighted by atomic mass is 16.5. The van der Waals surface area contributed by atoms with Crippen LogP contribution in [0.25, 0.3) is 11.0 Å². The number of benzene rings is 2. The summed E-state index contributed by atoms with van der Waals surface area (Å²) < 4.78 is 4.64. The van der Waals surface area contributed by atoms with Crippen molar-refractivity contribution in [2.24, 2.45) is 5.73 Å². The van der Waals surface area contributed by atoms with Gasteiger partial charge >= 0.3 is 5.97 Å². The number of methoxy groups -OCH3 is 1. The highest BCUT2D eigenvalue weighted by molar-refractivity contribution is 5.97. The van der Waals surface area contributed by atoms with Crippen molar-refractivity contribution in [2.45, 2.75) is 19.4 Å². The monoisotopic (exact) mass is 409 g/mol. The number of carbonyl (C=O) groups excluding carboxylic acids is 3. The zero-order valence-electron chi connectivity index (χ0n) is 16.9. The standard InChI is InChI=1S/C21H23N5O4/c1-12(27)26(2)15-6-4-5-13(9-15)10-16(22)20(28)23-14-7-8-17-18(11-14)25-19(24-17)21(29)30-3/h4-9,11,16H,10,22H2,1-3H3,(H,23,28)(H,24,25). The maximum atomic E-state index is 12.5. The van der Waals surface area contributed by atoms with E-state index >= 15 is 0 Å². The van der Waals surface area contributed by atoms with E-state index in [1.54, 1.807) is 25.2 Å². The van der Waals surface area contributed by atoms with E-state index in [2.05, 4.69) is 20.0 Å².